The van der Waals surface area contributed by atoms with E-state index in [1.807, 2.05) is 6.92 Å². The van der Waals surface area contributed by atoms with Gasteiger partial charge in [0.05, 0.1) is 32.9 Å². The van der Waals surface area contributed by atoms with Crippen molar-refractivity contribution in [2.75, 3.05) is 25.1 Å². The summed E-state index contributed by atoms with van der Waals surface area (Å²) in [4.78, 5) is 12.5. The summed E-state index contributed by atoms with van der Waals surface area (Å²) in [5, 5.41) is 3.63. The number of hydrogen-bond acceptors (Lipinski definition) is 3. The molecule has 0 aliphatic carbocycles. The van der Waals surface area contributed by atoms with Crippen LogP contribution in [0.1, 0.15) is 17.3 Å². The topological polar surface area (TPSA) is 47.6 Å². The summed E-state index contributed by atoms with van der Waals surface area (Å²) >= 11 is 17.9. The monoisotopic (exact) mass is 387 g/mol. The van der Waals surface area contributed by atoms with Crippen molar-refractivity contribution in [1.29, 1.82) is 0 Å². The number of benzene rings is 2. The molecule has 2 aromatic rings. The van der Waals surface area contributed by atoms with Gasteiger partial charge in [-0.2, -0.15) is 0 Å². The molecule has 0 fully saturated rings. The molecule has 0 spiro atoms. The number of carbonyl (C=O) groups excluding carboxylic acids is 1. The first-order chi connectivity index (χ1) is 11.5. The number of hydrogen-bond donors (Lipinski definition) is 1. The Kier molecular flexibility index (Phi) is 7.18. The Morgan fingerprint density at radius 3 is 2.50 bits per heavy atom. The molecule has 0 aliphatic rings. The Labute approximate surface area is 155 Å². The summed E-state index contributed by atoms with van der Waals surface area (Å²) in [6.07, 6.45) is 0. The number of carbonyl (C=O) groups is 1. The summed E-state index contributed by atoms with van der Waals surface area (Å²) in [6.45, 7) is 3.32. The zero-order chi connectivity index (χ0) is 17.5. The van der Waals surface area contributed by atoms with E-state index in [1.54, 1.807) is 24.3 Å². The molecule has 0 saturated carbocycles. The smallest absolute Gasteiger partial charge is 0.259 e. The largest absolute Gasteiger partial charge is 0.490 e. The van der Waals surface area contributed by atoms with Crippen molar-refractivity contribution < 1.29 is 14.3 Å². The second kappa shape index (κ2) is 9.14. The van der Waals surface area contributed by atoms with Crippen molar-refractivity contribution in [3.63, 3.8) is 0 Å². The summed E-state index contributed by atoms with van der Waals surface area (Å²) < 4.78 is 10.8. The molecule has 0 radical (unpaired) electrons. The van der Waals surface area contributed by atoms with Crippen LogP contribution in [0.4, 0.5) is 5.69 Å². The zero-order valence-corrected chi connectivity index (χ0v) is 15.2. The van der Waals surface area contributed by atoms with Crippen molar-refractivity contribution in [3.05, 3.63) is 57.0 Å². The van der Waals surface area contributed by atoms with Gasteiger partial charge < -0.3 is 14.8 Å². The molecule has 24 heavy (non-hydrogen) atoms. The van der Waals surface area contributed by atoms with Gasteiger partial charge in [-0.05, 0) is 31.2 Å². The molecule has 128 valence electrons. The van der Waals surface area contributed by atoms with Crippen LogP contribution in [-0.4, -0.2) is 25.7 Å². The average Bonchev–Trinajstić information content (AvgIpc) is 2.57. The number of anilines is 1. The van der Waals surface area contributed by atoms with E-state index >= 15 is 0 Å². The quantitative estimate of drug-likeness (QED) is 0.516. The maximum atomic E-state index is 12.5. The second-order valence-electron chi connectivity index (χ2n) is 4.74. The van der Waals surface area contributed by atoms with E-state index in [0.717, 1.165) is 0 Å². The number of amides is 1. The van der Waals surface area contributed by atoms with E-state index in [-0.39, 0.29) is 5.91 Å². The van der Waals surface area contributed by atoms with Crippen molar-refractivity contribution in [3.8, 4) is 5.75 Å². The Morgan fingerprint density at radius 1 is 1.04 bits per heavy atom. The fourth-order valence-electron chi connectivity index (χ4n) is 1.94. The lowest BCUT2D eigenvalue weighted by molar-refractivity contribution is 0.0998. The van der Waals surface area contributed by atoms with Gasteiger partial charge in [-0.3, -0.25) is 4.79 Å². The maximum Gasteiger partial charge on any atom is 0.259 e. The third-order valence-corrected chi connectivity index (χ3v) is 4.11. The molecular formula is C17H16Cl3NO3. The van der Waals surface area contributed by atoms with Crippen LogP contribution in [0.15, 0.2) is 36.4 Å². The molecule has 0 aliphatic heterocycles. The molecule has 7 heteroatoms. The van der Waals surface area contributed by atoms with E-state index in [4.69, 9.17) is 44.3 Å². The van der Waals surface area contributed by atoms with E-state index < -0.39 is 0 Å². The highest BCUT2D eigenvalue weighted by molar-refractivity contribution is 6.44. The van der Waals surface area contributed by atoms with E-state index in [1.165, 1.54) is 12.1 Å². The van der Waals surface area contributed by atoms with Crippen LogP contribution >= 0.6 is 34.8 Å². The van der Waals surface area contributed by atoms with Gasteiger partial charge in [0.25, 0.3) is 5.91 Å². The number of para-hydroxylation sites is 1. The third-order valence-electron chi connectivity index (χ3n) is 3.08. The van der Waals surface area contributed by atoms with Gasteiger partial charge in [-0.1, -0.05) is 46.9 Å². The fourth-order valence-corrected chi connectivity index (χ4v) is 2.54. The Bertz CT molecular complexity index is 722. The molecule has 1 amide bonds. The van der Waals surface area contributed by atoms with Gasteiger partial charge in [0.1, 0.15) is 12.4 Å². The summed E-state index contributed by atoms with van der Waals surface area (Å²) in [6, 6.07) is 9.90. The lowest BCUT2D eigenvalue weighted by Gasteiger charge is -2.13. The minimum Gasteiger partial charge on any atom is -0.490 e. The Morgan fingerprint density at radius 2 is 1.75 bits per heavy atom. The van der Waals surface area contributed by atoms with Crippen LogP contribution in [0.25, 0.3) is 0 Å². The molecule has 0 unspecified atom stereocenters. The molecular weight excluding hydrogens is 373 g/mol. The van der Waals surface area contributed by atoms with Crippen LogP contribution in [0, 0.1) is 0 Å². The minimum absolute atomic E-state index is 0.299. The van der Waals surface area contributed by atoms with Gasteiger partial charge in [0.15, 0.2) is 0 Å². The van der Waals surface area contributed by atoms with Crippen molar-refractivity contribution in [2.45, 2.75) is 6.92 Å². The SMILES string of the molecule is CCOCCOc1ccccc1C(=O)Nc1cc(Cl)c(Cl)cc1Cl. The zero-order valence-electron chi connectivity index (χ0n) is 12.9. The highest BCUT2D eigenvalue weighted by Gasteiger charge is 2.15. The van der Waals surface area contributed by atoms with E-state index in [9.17, 15) is 4.79 Å². The predicted molar refractivity (Wildman–Crippen MR) is 97.9 cm³/mol. The van der Waals surface area contributed by atoms with Crippen LogP contribution in [0.2, 0.25) is 15.1 Å². The molecule has 0 heterocycles. The number of halogens is 3. The van der Waals surface area contributed by atoms with Gasteiger partial charge in [-0.15, -0.1) is 0 Å². The van der Waals surface area contributed by atoms with Crippen molar-refractivity contribution >= 4 is 46.4 Å². The summed E-state index contributed by atoms with van der Waals surface area (Å²) in [5.41, 5.74) is 0.760. The highest BCUT2D eigenvalue weighted by atomic mass is 35.5. The van der Waals surface area contributed by atoms with Crippen LogP contribution < -0.4 is 10.1 Å². The lowest BCUT2D eigenvalue weighted by atomic mass is 10.2. The first-order valence-corrected chi connectivity index (χ1v) is 8.41. The summed E-state index contributed by atoms with van der Waals surface area (Å²) in [7, 11) is 0. The van der Waals surface area contributed by atoms with Gasteiger partial charge >= 0.3 is 0 Å². The van der Waals surface area contributed by atoms with E-state index in [0.29, 0.717) is 51.9 Å². The standard InChI is InChI=1S/C17H16Cl3NO3/c1-2-23-7-8-24-16-6-4-3-5-11(16)17(22)21-15-10-13(19)12(18)9-14(15)20/h3-6,9-10H,2,7-8H2,1H3,(H,21,22). The molecule has 1 N–H and O–H groups in total. The van der Waals surface area contributed by atoms with E-state index in [2.05, 4.69) is 5.32 Å². The summed E-state index contributed by atoms with van der Waals surface area (Å²) in [5.74, 6) is 0.105. The van der Waals surface area contributed by atoms with Crippen molar-refractivity contribution in [1.82, 2.24) is 0 Å². The molecule has 0 aromatic heterocycles. The Hall–Kier alpha value is -1.46. The second-order valence-corrected chi connectivity index (χ2v) is 5.96. The molecule has 2 rings (SSSR count). The van der Waals surface area contributed by atoms with Crippen molar-refractivity contribution in [2.24, 2.45) is 0 Å². The van der Waals surface area contributed by atoms with Crippen LogP contribution in [0.5, 0.6) is 5.75 Å². The van der Waals surface area contributed by atoms with Crippen LogP contribution in [0.3, 0.4) is 0 Å². The predicted octanol–water partition coefficient (Wildman–Crippen LogP) is 5.31. The molecule has 4 nitrogen and oxygen atoms in total. The maximum absolute atomic E-state index is 12.5. The number of nitrogens with one attached hydrogen (secondary N) is 1. The molecule has 0 saturated heterocycles. The van der Waals surface area contributed by atoms with Gasteiger partial charge in [-0.25, -0.2) is 0 Å². The number of rotatable bonds is 7. The molecule has 2 aromatic carbocycles. The molecule has 0 bridgehead atoms. The first kappa shape index (κ1) is 18.9. The average molecular weight is 389 g/mol. The van der Waals surface area contributed by atoms with Gasteiger partial charge in [0.2, 0.25) is 0 Å². The highest BCUT2D eigenvalue weighted by Crippen LogP contribution is 2.32. The molecule has 0 atom stereocenters. The normalized spacial score (nSPS) is 10.5. The fraction of sp³-hybridized carbons (Fsp3) is 0.235. The first-order valence-electron chi connectivity index (χ1n) is 7.28. The van der Waals surface area contributed by atoms with Crippen LogP contribution in [-0.2, 0) is 4.74 Å². The van der Waals surface area contributed by atoms with Gasteiger partial charge in [0, 0.05) is 6.61 Å². The minimum atomic E-state index is -0.359. The lowest BCUT2D eigenvalue weighted by Crippen LogP contribution is -2.15. The number of ether oxygens (including phenoxy) is 2. The Balaban J connectivity index is 2.14. The third kappa shape index (κ3) is 5.02.